The maximum Gasteiger partial charge on any atom is 0.274 e. The summed E-state index contributed by atoms with van der Waals surface area (Å²) in [5, 5.41) is 0.570. The van der Waals surface area contributed by atoms with E-state index in [0.717, 1.165) is 28.6 Å². The van der Waals surface area contributed by atoms with Crippen LogP contribution < -0.4 is 4.74 Å². The van der Waals surface area contributed by atoms with E-state index in [1.807, 2.05) is 11.0 Å². The largest absolute Gasteiger partial charge is 0.467 e. The molecule has 146 valence electrons. The number of aryl methyl sites for hydroxylation is 2. The van der Waals surface area contributed by atoms with E-state index in [1.54, 1.807) is 6.07 Å². The van der Waals surface area contributed by atoms with Crippen molar-refractivity contribution in [3.63, 3.8) is 0 Å². The van der Waals surface area contributed by atoms with Gasteiger partial charge >= 0.3 is 0 Å². The van der Waals surface area contributed by atoms with E-state index in [9.17, 15) is 9.18 Å². The van der Waals surface area contributed by atoms with Crippen LogP contribution in [0.25, 0.3) is 10.2 Å². The number of hydrogen-bond acceptors (Lipinski definition) is 4. The van der Waals surface area contributed by atoms with E-state index in [2.05, 4.69) is 31.0 Å². The molecule has 0 atom stereocenters. The quantitative estimate of drug-likeness (QED) is 0.642. The van der Waals surface area contributed by atoms with Crippen molar-refractivity contribution in [2.24, 2.45) is 0 Å². The number of likely N-dealkylation sites (tertiary alicyclic amines) is 1. The Balaban J connectivity index is 1.32. The predicted molar refractivity (Wildman–Crippen MR) is 109 cm³/mol. The lowest BCUT2D eigenvalue weighted by Gasteiger charge is -2.31. The molecule has 0 spiro atoms. The zero-order chi connectivity index (χ0) is 19.7. The van der Waals surface area contributed by atoms with E-state index in [-0.39, 0.29) is 17.8 Å². The summed E-state index contributed by atoms with van der Waals surface area (Å²) in [5.41, 5.74) is 4.27. The molecule has 1 aromatic heterocycles. The zero-order valence-corrected chi connectivity index (χ0v) is 16.9. The first-order valence-corrected chi connectivity index (χ1v) is 10.4. The van der Waals surface area contributed by atoms with Crippen molar-refractivity contribution in [3.8, 4) is 5.19 Å². The summed E-state index contributed by atoms with van der Waals surface area (Å²) < 4.78 is 20.1. The molecule has 0 radical (unpaired) electrons. The van der Waals surface area contributed by atoms with Crippen LogP contribution in [0.1, 0.15) is 29.5 Å². The number of halogens is 1. The smallest absolute Gasteiger partial charge is 0.274 e. The molecule has 0 unspecified atom stereocenters. The number of carbonyl (C=O) groups is 1. The van der Waals surface area contributed by atoms with Crippen molar-refractivity contribution in [3.05, 3.63) is 58.9 Å². The highest BCUT2D eigenvalue weighted by atomic mass is 32.1. The van der Waals surface area contributed by atoms with Crippen molar-refractivity contribution in [2.75, 3.05) is 13.1 Å². The average Bonchev–Trinajstić information content (AvgIpc) is 3.06. The highest BCUT2D eigenvalue weighted by molar-refractivity contribution is 7.20. The third-order valence-corrected chi connectivity index (χ3v) is 6.23. The fourth-order valence-electron chi connectivity index (χ4n) is 3.49. The number of rotatable bonds is 4. The molecule has 4 nitrogen and oxygen atoms in total. The van der Waals surface area contributed by atoms with Gasteiger partial charge < -0.3 is 9.64 Å². The molecule has 0 aliphatic carbocycles. The molecule has 0 N–H and O–H groups in total. The maximum atomic E-state index is 13.3. The van der Waals surface area contributed by atoms with Crippen molar-refractivity contribution in [1.29, 1.82) is 0 Å². The van der Waals surface area contributed by atoms with Crippen molar-refractivity contribution >= 4 is 27.5 Å². The molecule has 28 heavy (non-hydrogen) atoms. The lowest BCUT2D eigenvalue weighted by Crippen LogP contribution is -2.42. The van der Waals surface area contributed by atoms with Gasteiger partial charge in [-0.05, 0) is 48.7 Å². The number of ether oxygens (including phenoxy) is 1. The summed E-state index contributed by atoms with van der Waals surface area (Å²) in [6, 6.07) is 10.8. The number of hydrogen-bond donors (Lipinski definition) is 0. The van der Waals surface area contributed by atoms with E-state index >= 15 is 0 Å². The molecule has 1 aliphatic heterocycles. The van der Waals surface area contributed by atoms with Gasteiger partial charge in [0.25, 0.3) is 5.19 Å². The van der Waals surface area contributed by atoms with E-state index in [4.69, 9.17) is 4.74 Å². The number of nitrogens with zero attached hydrogens (tertiary/aromatic N) is 2. The summed E-state index contributed by atoms with van der Waals surface area (Å²) in [4.78, 5) is 19.0. The highest BCUT2D eigenvalue weighted by Crippen LogP contribution is 2.30. The van der Waals surface area contributed by atoms with Crippen LogP contribution >= 0.6 is 11.3 Å². The number of benzene rings is 2. The molecule has 1 amide bonds. The maximum absolute atomic E-state index is 13.3. The van der Waals surface area contributed by atoms with Crippen molar-refractivity contribution < 1.29 is 13.9 Å². The van der Waals surface area contributed by atoms with Crippen LogP contribution in [0, 0.1) is 19.7 Å². The Hall–Kier alpha value is -2.47. The van der Waals surface area contributed by atoms with Crippen LogP contribution in [0.2, 0.25) is 0 Å². The number of fused-ring (bicyclic) bond motifs is 1. The molecular formula is C22H23FN2O2S. The van der Waals surface area contributed by atoms with Gasteiger partial charge in [0, 0.05) is 25.9 Å². The molecule has 6 heteroatoms. The Morgan fingerprint density at radius 1 is 1.18 bits per heavy atom. The Morgan fingerprint density at radius 3 is 2.71 bits per heavy atom. The second-order valence-electron chi connectivity index (χ2n) is 7.39. The van der Waals surface area contributed by atoms with E-state index < -0.39 is 0 Å². The van der Waals surface area contributed by atoms with Crippen LogP contribution in [0.3, 0.4) is 0 Å². The van der Waals surface area contributed by atoms with Crippen molar-refractivity contribution in [2.45, 2.75) is 39.2 Å². The van der Waals surface area contributed by atoms with Crippen LogP contribution in [0.5, 0.6) is 5.19 Å². The molecule has 2 aromatic carbocycles. The SMILES string of the molecule is Cc1ccc(CC(=O)N2CCC(Oc3nc4ccc(F)cc4s3)CC2)cc1C. The number of amides is 1. The van der Waals surface area contributed by atoms with Gasteiger partial charge in [0.15, 0.2) is 0 Å². The predicted octanol–water partition coefficient (Wildman–Crippen LogP) is 4.66. The molecule has 4 rings (SSSR count). The minimum absolute atomic E-state index is 0.0380. The second-order valence-corrected chi connectivity index (χ2v) is 8.38. The summed E-state index contributed by atoms with van der Waals surface area (Å²) >= 11 is 1.36. The topological polar surface area (TPSA) is 42.4 Å². The summed E-state index contributed by atoms with van der Waals surface area (Å²) in [6.07, 6.45) is 2.04. The van der Waals surface area contributed by atoms with Gasteiger partial charge in [-0.15, -0.1) is 0 Å². The van der Waals surface area contributed by atoms with Gasteiger partial charge in [0.1, 0.15) is 11.9 Å². The Bertz CT molecular complexity index is 1010. The van der Waals surface area contributed by atoms with Crippen LogP contribution in [0.4, 0.5) is 4.39 Å². The normalized spacial score (nSPS) is 15.2. The molecule has 1 saturated heterocycles. The Morgan fingerprint density at radius 2 is 1.96 bits per heavy atom. The average molecular weight is 399 g/mol. The lowest BCUT2D eigenvalue weighted by molar-refractivity contribution is -0.132. The summed E-state index contributed by atoms with van der Waals surface area (Å²) in [5.74, 6) is -0.101. The third-order valence-electron chi connectivity index (χ3n) is 5.32. The molecule has 0 saturated carbocycles. The summed E-state index contributed by atoms with van der Waals surface area (Å²) in [7, 11) is 0. The number of piperidine rings is 1. The molecule has 0 bridgehead atoms. The standard InChI is InChI=1S/C22H23FN2O2S/c1-14-3-4-16(11-15(14)2)12-21(26)25-9-7-18(8-10-25)27-22-24-19-6-5-17(23)13-20(19)28-22/h3-6,11,13,18H,7-10,12H2,1-2H3. The number of aromatic nitrogens is 1. The van der Waals surface area contributed by atoms with E-state index in [1.165, 1.54) is 34.6 Å². The van der Waals surface area contributed by atoms with Gasteiger partial charge in [-0.2, -0.15) is 0 Å². The zero-order valence-electron chi connectivity index (χ0n) is 16.1. The monoisotopic (exact) mass is 398 g/mol. The van der Waals surface area contributed by atoms with Gasteiger partial charge in [-0.1, -0.05) is 29.5 Å². The molecule has 1 fully saturated rings. The molecule has 2 heterocycles. The van der Waals surface area contributed by atoms with Crippen LogP contribution in [-0.2, 0) is 11.2 Å². The first kappa shape index (κ1) is 18.9. The Kier molecular flexibility index (Phi) is 5.31. The van der Waals surface area contributed by atoms with Gasteiger partial charge in [-0.25, -0.2) is 9.37 Å². The minimum Gasteiger partial charge on any atom is -0.467 e. The van der Waals surface area contributed by atoms with Crippen LogP contribution in [0.15, 0.2) is 36.4 Å². The first-order valence-electron chi connectivity index (χ1n) is 9.54. The van der Waals surface area contributed by atoms with Gasteiger partial charge in [0.05, 0.1) is 16.6 Å². The van der Waals surface area contributed by atoms with Gasteiger partial charge in [0.2, 0.25) is 5.91 Å². The van der Waals surface area contributed by atoms with Gasteiger partial charge in [-0.3, -0.25) is 4.79 Å². The lowest BCUT2D eigenvalue weighted by atomic mass is 10.0. The fraction of sp³-hybridized carbons (Fsp3) is 0.364. The van der Waals surface area contributed by atoms with E-state index in [0.29, 0.717) is 24.7 Å². The number of carbonyl (C=O) groups excluding carboxylic acids is 1. The molecular weight excluding hydrogens is 375 g/mol. The van der Waals surface area contributed by atoms with Crippen molar-refractivity contribution in [1.82, 2.24) is 9.88 Å². The Labute approximate surface area is 168 Å². The third kappa shape index (κ3) is 4.17. The first-order chi connectivity index (χ1) is 13.5. The van der Waals surface area contributed by atoms with Crippen LogP contribution in [-0.4, -0.2) is 35.0 Å². The second kappa shape index (κ2) is 7.87. The molecule has 1 aliphatic rings. The minimum atomic E-state index is -0.265. The molecule has 3 aromatic rings. The fourth-order valence-corrected chi connectivity index (χ4v) is 4.40. The number of thiazole rings is 1. The summed E-state index contributed by atoms with van der Waals surface area (Å²) in [6.45, 7) is 5.53. The highest BCUT2D eigenvalue weighted by Gasteiger charge is 2.25.